The Morgan fingerprint density at radius 1 is 1.07 bits per heavy atom. The highest BCUT2D eigenvalue weighted by Gasteiger charge is 2.38. The minimum atomic E-state index is -4.93. The van der Waals surface area contributed by atoms with Gasteiger partial charge in [0.05, 0.1) is 0 Å². The highest BCUT2D eigenvalue weighted by atomic mass is 19.4. The average molecular weight is 380 g/mol. The second-order valence-electron chi connectivity index (χ2n) is 5.99. The molecule has 0 spiro atoms. The van der Waals surface area contributed by atoms with Crippen molar-refractivity contribution in [3.63, 3.8) is 0 Å². The fourth-order valence-electron chi connectivity index (χ4n) is 2.34. The molecule has 2 N–H and O–H groups in total. The summed E-state index contributed by atoms with van der Waals surface area (Å²) < 4.78 is 42.1. The third kappa shape index (κ3) is 6.32. The number of alkyl halides is 3. The molecule has 0 aliphatic rings. The zero-order valence-electron chi connectivity index (χ0n) is 14.8. The summed E-state index contributed by atoms with van der Waals surface area (Å²) in [5.41, 5.74) is 2.80. The Bertz CT molecular complexity index is 835. The van der Waals surface area contributed by atoms with Crippen LogP contribution in [0.3, 0.4) is 0 Å². The number of hydrogen-bond acceptors (Lipinski definition) is 3. The van der Waals surface area contributed by atoms with Gasteiger partial charge in [-0.05, 0) is 43.2 Å². The molecule has 0 heterocycles. The number of amides is 2. The summed E-state index contributed by atoms with van der Waals surface area (Å²) >= 11 is 0. The maximum Gasteiger partial charge on any atom is 0.471 e. The molecule has 0 aliphatic heterocycles. The minimum Gasteiger partial charge on any atom is -0.483 e. The molecule has 0 unspecified atom stereocenters. The van der Waals surface area contributed by atoms with Gasteiger partial charge < -0.3 is 15.4 Å². The zero-order chi connectivity index (χ0) is 20.0. The molecule has 0 radical (unpaired) electrons. The van der Waals surface area contributed by atoms with Crippen molar-refractivity contribution in [1.29, 1.82) is 0 Å². The zero-order valence-corrected chi connectivity index (χ0v) is 14.8. The van der Waals surface area contributed by atoms with E-state index in [2.05, 4.69) is 5.32 Å². The number of carbonyl (C=O) groups is 2. The van der Waals surface area contributed by atoms with Crippen LogP contribution in [0.25, 0.3) is 0 Å². The van der Waals surface area contributed by atoms with E-state index in [1.54, 1.807) is 29.6 Å². The number of aryl methyl sites for hydroxylation is 2. The fourth-order valence-corrected chi connectivity index (χ4v) is 2.34. The summed E-state index contributed by atoms with van der Waals surface area (Å²) in [4.78, 5) is 22.9. The lowest BCUT2D eigenvalue weighted by atomic mass is 10.1. The van der Waals surface area contributed by atoms with Crippen LogP contribution < -0.4 is 15.4 Å². The van der Waals surface area contributed by atoms with Gasteiger partial charge in [-0.25, -0.2) is 0 Å². The van der Waals surface area contributed by atoms with Gasteiger partial charge in [-0.2, -0.15) is 13.2 Å². The van der Waals surface area contributed by atoms with E-state index in [1.807, 2.05) is 26.0 Å². The van der Waals surface area contributed by atoms with E-state index in [0.717, 1.165) is 11.1 Å². The molecule has 0 saturated carbocycles. The van der Waals surface area contributed by atoms with Crippen molar-refractivity contribution >= 4 is 17.5 Å². The molecule has 8 heteroatoms. The van der Waals surface area contributed by atoms with E-state index >= 15 is 0 Å². The lowest BCUT2D eigenvalue weighted by molar-refractivity contribution is -0.173. The van der Waals surface area contributed by atoms with E-state index in [1.165, 1.54) is 6.07 Å². The summed E-state index contributed by atoms with van der Waals surface area (Å²) in [5, 5.41) is 4.38. The van der Waals surface area contributed by atoms with E-state index in [9.17, 15) is 22.8 Å². The molecule has 0 bridgehead atoms. The number of ether oxygens (including phenoxy) is 1. The molecule has 0 aromatic heterocycles. The van der Waals surface area contributed by atoms with Gasteiger partial charge in [-0.15, -0.1) is 0 Å². The van der Waals surface area contributed by atoms with Crippen molar-refractivity contribution in [3.05, 3.63) is 59.2 Å². The van der Waals surface area contributed by atoms with Crippen LogP contribution in [0.1, 0.15) is 16.7 Å². The highest BCUT2D eigenvalue weighted by molar-refractivity contribution is 5.92. The van der Waals surface area contributed by atoms with Crippen molar-refractivity contribution in [1.82, 2.24) is 5.32 Å². The largest absolute Gasteiger partial charge is 0.483 e. The predicted octanol–water partition coefficient (Wildman–Crippen LogP) is 3.50. The Labute approximate surface area is 154 Å². The SMILES string of the molecule is Cc1ccc(OCC(=O)Nc2cccc(CNC(=O)C(F)(F)F)c2)c(C)c1. The molecule has 2 aromatic rings. The van der Waals surface area contributed by atoms with Gasteiger partial charge in [0.2, 0.25) is 0 Å². The van der Waals surface area contributed by atoms with Crippen LogP contribution in [-0.4, -0.2) is 24.6 Å². The first-order chi connectivity index (χ1) is 12.6. The lowest BCUT2D eigenvalue weighted by Crippen LogP contribution is -2.36. The molecule has 0 fully saturated rings. The normalized spacial score (nSPS) is 11.0. The number of rotatable bonds is 6. The number of benzene rings is 2. The number of hydrogen-bond donors (Lipinski definition) is 2. The number of anilines is 1. The topological polar surface area (TPSA) is 67.4 Å². The molecular formula is C19H19F3N2O3. The van der Waals surface area contributed by atoms with E-state index in [4.69, 9.17) is 4.74 Å². The van der Waals surface area contributed by atoms with Crippen LogP contribution >= 0.6 is 0 Å². The molecule has 0 saturated heterocycles. The molecule has 2 aromatic carbocycles. The summed E-state index contributed by atoms with van der Waals surface area (Å²) in [6, 6.07) is 11.8. The number of halogens is 3. The Balaban J connectivity index is 1.89. The Hall–Kier alpha value is -3.03. The molecule has 144 valence electrons. The van der Waals surface area contributed by atoms with E-state index in [-0.39, 0.29) is 13.2 Å². The molecule has 27 heavy (non-hydrogen) atoms. The fraction of sp³-hybridized carbons (Fsp3) is 0.263. The Morgan fingerprint density at radius 2 is 1.81 bits per heavy atom. The highest BCUT2D eigenvalue weighted by Crippen LogP contribution is 2.19. The van der Waals surface area contributed by atoms with Gasteiger partial charge in [-0.1, -0.05) is 29.8 Å². The van der Waals surface area contributed by atoms with Gasteiger partial charge in [0.1, 0.15) is 5.75 Å². The second kappa shape index (κ2) is 8.57. The van der Waals surface area contributed by atoms with Crippen LogP contribution in [0, 0.1) is 13.8 Å². The van der Waals surface area contributed by atoms with Crippen molar-refractivity contribution in [2.45, 2.75) is 26.6 Å². The van der Waals surface area contributed by atoms with Gasteiger partial charge >= 0.3 is 12.1 Å². The standard InChI is InChI=1S/C19H19F3N2O3/c1-12-6-7-16(13(2)8-12)27-11-17(25)24-15-5-3-4-14(9-15)10-23-18(26)19(20,21)22/h3-9H,10-11H2,1-2H3,(H,23,26)(H,24,25). The van der Waals surface area contributed by atoms with Crippen molar-refractivity contribution in [2.24, 2.45) is 0 Å². The van der Waals surface area contributed by atoms with Gasteiger partial charge in [0.15, 0.2) is 6.61 Å². The van der Waals surface area contributed by atoms with Gasteiger partial charge in [-0.3, -0.25) is 9.59 Å². The van der Waals surface area contributed by atoms with Crippen molar-refractivity contribution < 1.29 is 27.5 Å². The van der Waals surface area contributed by atoms with E-state index < -0.39 is 18.0 Å². The van der Waals surface area contributed by atoms with Crippen molar-refractivity contribution in [3.8, 4) is 5.75 Å². The maximum absolute atomic E-state index is 12.2. The minimum absolute atomic E-state index is 0.209. The molecule has 2 amide bonds. The number of nitrogens with one attached hydrogen (secondary N) is 2. The average Bonchev–Trinajstić information content (AvgIpc) is 2.58. The monoisotopic (exact) mass is 380 g/mol. The first kappa shape index (κ1) is 20.3. The molecule has 0 aliphatic carbocycles. The third-order valence-electron chi connectivity index (χ3n) is 3.61. The molecule has 0 atom stereocenters. The quantitative estimate of drug-likeness (QED) is 0.806. The predicted molar refractivity (Wildman–Crippen MR) is 94.4 cm³/mol. The maximum atomic E-state index is 12.2. The summed E-state index contributed by atoms with van der Waals surface area (Å²) in [6.07, 6.45) is -4.93. The molecule has 5 nitrogen and oxygen atoms in total. The Kier molecular flexibility index (Phi) is 6.44. The van der Waals surface area contributed by atoms with Crippen molar-refractivity contribution in [2.75, 3.05) is 11.9 Å². The Morgan fingerprint density at radius 3 is 2.48 bits per heavy atom. The smallest absolute Gasteiger partial charge is 0.471 e. The number of carbonyl (C=O) groups excluding carboxylic acids is 2. The van der Waals surface area contributed by atoms with Gasteiger partial charge in [0.25, 0.3) is 5.91 Å². The van der Waals surface area contributed by atoms with Crippen LogP contribution in [0.15, 0.2) is 42.5 Å². The van der Waals surface area contributed by atoms with Crippen LogP contribution in [0.2, 0.25) is 0 Å². The second-order valence-corrected chi connectivity index (χ2v) is 5.99. The molecule has 2 rings (SSSR count). The third-order valence-corrected chi connectivity index (χ3v) is 3.61. The summed E-state index contributed by atoms with van der Waals surface area (Å²) in [6.45, 7) is 3.31. The van der Waals surface area contributed by atoms with Crippen LogP contribution in [0.5, 0.6) is 5.75 Å². The van der Waals surface area contributed by atoms with Crippen LogP contribution in [0.4, 0.5) is 18.9 Å². The first-order valence-corrected chi connectivity index (χ1v) is 8.09. The van der Waals surface area contributed by atoms with Crippen LogP contribution in [-0.2, 0) is 16.1 Å². The first-order valence-electron chi connectivity index (χ1n) is 8.09. The van der Waals surface area contributed by atoms with E-state index in [0.29, 0.717) is 17.0 Å². The van der Waals surface area contributed by atoms with Gasteiger partial charge in [0, 0.05) is 12.2 Å². The lowest BCUT2D eigenvalue weighted by Gasteiger charge is -2.11. The summed E-state index contributed by atoms with van der Waals surface area (Å²) in [7, 11) is 0. The summed E-state index contributed by atoms with van der Waals surface area (Å²) in [5.74, 6) is -1.83. The molecular weight excluding hydrogens is 361 g/mol.